The summed E-state index contributed by atoms with van der Waals surface area (Å²) in [6.45, 7) is 2.60. The summed E-state index contributed by atoms with van der Waals surface area (Å²) in [6, 6.07) is 8.90. The molecule has 0 unspecified atom stereocenters. The molecule has 6 nitrogen and oxygen atoms in total. The van der Waals surface area contributed by atoms with Crippen LogP contribution in [0.1, 0.15) is 42.5 Å². The van der Waals surface area contributed by atoms with E-state index in [1.165, 1.54) is 29.2 Å². The van der Waals surface area contributed by atoms with Crippen molar-refractivity contribution in [3.8, 4) is 0 Å². The number of fused-ring (bicyclic) bond motifs is 1. The number of alkyl halides is 3. The van der Waals surface area contributed by atoms with Gasteiger partial charge in [0, 0.05) is 24.7 Å². The van der Waals surface area contributed by atoms with Crippen LogP contribution in [-0.2, 0) is 12.7 Å². The molecule has 11 heteroatoms. The van der Waals surface area contributed by atoms with Gasteiger partial charge in [0.05, 0.1) is 35.1 Å². The average molecular weight is 522 g/mol. The fourth-order valence-electron chi connectivity index (χ4n) is 5.24. The van der Waals surface area contributed by atoms with Crippen LogP contribution in [0.4, 0.5) is 33.9 Å². The number of amides is 2. The molecule has 0 spiro atoms. The van der Waals surface area contributed by atoms with Crippen LogP contribution in [0.2, 0.25) is 5.02 Å². The van der Waals surface area contributed by atoms with Crippen LogP contribution >= 0.6 is 11.6 Å². The van der Waals surface area contributed by atoms with Gasteiger partial charge in [0.2, 0.25) is 0 Å². The Morgan fingerprint density at radius 3 is 2.53 bits per heavy atom. The van der Waals surface area contributed by atoms with Gasteiger partial charge in [-0.2, -0.15) is 18.3 Å². The molecule has 1 N–H and O–H groups in total. The number of aromatic nitrogens is 2. The number of hydrogen-bond acceptors (Lipinski definition) is 3. The maximum Gasteiger partial charge on any atom is 0.416 e. The van der Waals surface area contributed by atoms with Gasteiger partial charge in [0.15, 0.2) is 0 Å². The number of benzene rings is 2. The molecule has 1 saturated heterocycles. The highest BCUT2D eigenvalue weighted by molar-refractivity contribution is 6.33. The van der Waals surface area contributed by atoms with Crippen molar-refractivity contribution in [2.75, 3.05) is 22.9 Å². The van der Waals surface area contributed by atoms with E-state index in [1.54, 1.807) is 23.2 Å². The first kappa shape index (κ1) is 24.4. The molecule has 2 aliphatic heterocycles. The van der Waals surface area contributed by atoms with E-state index in [-0.39, 0.29) is 24.2 Å². The number of halogens is 5. The lowest BCUT2D eigenvalue weighted by Gasteiger charge is -2.46. The van der Waals surface area contributed by atoms with Crippen LogP contribution in [0, 0.1) is 5.82 Å². The third kappa shape index (κ3) is 4.27. The second kappa shape index (κ2) is 9.31. The van der Waals surface area contributed by atoms with Gasteiger partial charge in [0.1, 0.15) is 11.6 Å². The topological polar surface area (TPSA) is 55.5 Å². The smallest absolute Gasteiger partial charge is 0.368 e. The van der Waals surface area contributed by atoms with Crippen molar-refractivity contribution >= 4 is 29.1 Å². The second-order valence-electron chi connectivity index (χ2n) is 9.07. The summed E-state index contributed by atoms with van der Waals surface area (Å²) >= 11 is 6.24. The number of urea groups is 1. The highest BCUT2D eigenvalue weighted by Crippen LogP contribution is 2.41. The first-order chi connectivity index (χ1) is 17.2. The Bertz CT molecular complexity index is 1250. The summed E-state index contributed by atoms with van der Waals surface area (Å²) in [7, 11) is 0. The molecule has 1 atom stereocenters. The molecule has 5 rings (SSSR count). The van der Waals surface area contributed by atoms with E-state index < -0.39 is 23.6 Å². The van der Waals surface area contributed by atoms with E-state index >= 15 is 0 Å². The Balaban J connectivity index is 1.41. The number of carbonyl (C=O) groups excluding carboxylic acids is 1. The molecule has 0 radical (unpaired) electrons. The number of hydrogen-bond donors (Lipinski definition) is 1. The lowest BCUT2D eigenvalue weighted by atomic mass is 9.97. The Morgan fingerprint density at radius 2 is 1.83 bits per heavy atom. The molecule has 36 heavy (non-hydrogen) atoms. The van der Waals surface area contributed by atoms with Crippen molar-refractivity contribution in [2.24, 2.45) is 0 Å². The lowest BCUT2D eigenvalue weighted by molar-refractivity contribution is -0.138. The van der Waals surface area contributed by atoms with Crippen LogP contribution in [0.3, 0.4) is 0 Å². The van der Waals surface area contributed by atoms with Gasteiger partial charge in [0.25, 0.3) is 0 Å². The van der Waals surface area contributed by atoms with Crippen LogP contribution in [0.25, 0.3) is 0 Å². The van der Waals surface area contributed by atoms with E-state index in [2.05, 4.69) is 10.2 Å². The Labute approximate surface area is 210 Å². The van der Waals surface area contributed by atoms with Crippen LogP contribution in [0.5, 0.6) is 0 Å². The van der Waals surface area contributed by atoms with Crippen molar-refractivity contribution < 1.29 is 22.4 Å². The summed E-state index contributed by atoms with van der Waals surface area (Å²) in [5, 5.41) is 7.19. The Hall–Kier alpha value is -3.27. The zero-order valence-corrected chi connectivity index (χ0v) is 20.2. The van der Waals surface area contributed by atoms with Crippen molar-refractivity contribution in [3.05, 3.63) is 76.2 Å². The van der Waals surface area contributed by atoms with Crippen molar-refractivity contribution in [1.29, 1.82) is 0 Å². The molecule has 1 fully saturated rings. The molecule has 190 valence electrons. The summed E-state index contributed by atoms with van der Waals surface area (Å²) in [5.74, 6) is -0.00258. The molecule has 2 aliphatic rings. The van der Waals surface area contributed by atoms with Crippen LogP contribution < -0.4 is 9.80 Å². The normalized spacial score (nSPS) is 19.1. The highest BCUT2D eigenvalue weighted by atomic mass is 35.5. The minimum absolute atomic E-state index is 0.00239. The molecule has 2 aromatic carbocycles. The third-order valence-corrected chi connectivity index (χ3v) is 7.30. The number of piperidine rings is 1. The Morgan fingerprint density at radius 1 is 1.11 bits per heavy atom. The molecule has 1 aromatic heterocycles. The predicted molar refractivity (Wildman–Crippen MR) is 129 cm³/mol. The summed E-state index contributed by atoms with van der Waals surface area (Å²) < 4.78 is 55.3. The minimum atomic E-state index is -4.54. The molecule has 0 saturated carbocycles. The lowest BCUT2D eigenvalue weighted by Crippen LogP contribution is -2.55. The van der Waals surface area contributed by atoms with Gasteiger partial charge in [-0.05, 0) is 43.5 Å². The van der Waals surface area contributed by atoms with E-state index in [1.807, 2.05) is 11.8 Å². The molecular formula is C25H24ClF4N5O. The first-order valence-corrected chi connectivity index (χ1v) is 12.0. The monoisotopic (exact) mass is 521 g/mol. The van der Waals surface area contributed by atoms with Gasteiger partial charge >= 0.3 is 12.2 Å². The quantitative estimate of drug-likeness (QED) is 0.405. The number of anilines is 2. The summed E-state index contributed by atoms with van der Waals surface area (Å²) in [5.41, 5.74) is 0.299. The maximum absolute atomic E-state index is 14.4. The van der Waals surface area contributed by atoms with Gasteiger partial charge in [-0.3, -0.25) is 10.00 Å². The van der Waals surface area contributed by atoms with Crippen LogP contribution in [-0.4, -0.2) is 40.3 Å². The molecule has 2 amide bonds. The highest BCUT2D eigenvalue weighted by Gasteiger charge is 2.42. The summed E-state index contributed by atoms with van der Waals surface area (Å²) in [6.07, 6.45) is -1.82. The molecule has 3 aromatic rings. The number of H-pyrrole nitrogens is 1. The standard InChI is InChI=1S/C25H24ClF4N5O/c1-15-18-13-31-32-23(18)34(14-16-5-2-3-6-19(16)25(28,29)30)24(36)35(15)17-9-11-33(12-10-17)22-20(26)7-4-8-21(22)27/h2-8,13,15,17H,9-12,14H2,1H3,(H,31,32)/t15-/m0/s1. The fourth-order valence-corrected chi connectivity index (χ4v) is 5.53. The van der Waals surface area contributed by atoms with E-state index in [0.29, 0.717) is 42.5 Å². The molecule has 3 heterocycles. The number of rotatable bonds is 4. The second-order valence-corrected chi connectivity index (χ2v) is 9.48. The van der Waals surface area contributed by atoms with Crippen LogP contribution in [0.15, 0.2) is 48.7 Å². The van der Waals surface area contributed by atoms with Crippen molar-refractivity contribution in [3.63, 3.8) is 0 Å². The number of carbonyl (C=O) groups is 1. The predicted octanol–water partition coefficient (Wildman–Crippen LogP) is 6.39. The molecular weight excluding hydrogens is 498 g/mol. The zero-order valence-electron chi connectivity index (χ0n) is 19.4. The van der Waals surface area contributed by atoms with Gasteiger partial charge in [-0.15, -0.1) is 0 Å². The molecule has 0 bridgehead atoms. The van der Waals surface area contributed by atoms with Gasteiger partial charge < -0.3 is 9.80 Å². The Kier molecular flexibility index (Phi) is 6.32. The van der Waals surface area contributed by atoms with Gasteiger partial charge in [-0.1, -0.05) is 35.9 Å². The minimum Gasteiger partial charge on any atom is -0.368 e. The fraction of sp³-hybridized carbons (Fsp3) is 0.360. The SMILES string of the molecule is C[C@H]1c2cn[nH]c2N(Cc2ccccc2C(F)(F)F)C(=O)N1C1CCN(c2c(F)cccc2Cl)CC1. The maximum atomic E-state index is 14.4. The van der Waals surface area contributed by atoms with Crippen molar-refractivity contribution in [2.45, 2.75) is 44.6 Å². The number of para-hydroxylation sites is 1. The molecule has 0 aliphatic carbocycles. The van der Waals surface area contributed by atoms with E-state index in [9.17, 15) is 22.4 Å². The van der Waals surface area contributed by atoms with Gasteiger partial charge in [-0.25, -0.2) is 9.18 Å². The first-order valence-electron chi connectivity index (χ1n) is 11.6. The zero-order chi connectivity index (χ0) is 25.6. The number of aromatic amines is 1. The van der Waals surface area contributed by atoms with Crippen molar-refractivity contribution in [1.82, 2.24) is 15.1 Å². The summed E-state index contributed by atoms with van der Waals surface area (Å²) in [4.78, 5) is 18.7. The number of nitrogens with one attached hydrogen (secondary N) is 1. The van der Waals surface area contributed by atoms with E-state index in [4.69, 9.17) is 11.6 Å². The largest absolute Gasteiger partial charge is 0.416 e. The number of nitrogens with zero attached hydrogens (tertiary/aromatic N) is 4. The third-order valence-electron chi connectivity index (χ3n) is 7.00. The average Bonchev–Trinajstić information content (AvgIpc) is 3.33. The van der Waals surface area contributed by atoms with E-state index in [0.717, 1.165) is 11.6 Å².